The van der Waals surface area contributed by atoms with Crippen LogP contribution in [0.2, 0.25) is 5.02 Å². The van der Waals surface area contributed by atoms with Gasteiger partial charge in [0.15, 0.2) is 0 Å². The van der Waals surface area contributed by atoms with Crippen LogP contribution in [-0.2, 0) is 0 Å². The molecular formula is C11H16ClNS. The number of benzene rings is 1. The highest BCUT2D eigenvalue weighted by Crippen LogP contribution is 2.32. The minimum absolute atomic E-state index is 0.151. The Morgan fingerprint density at radius 2 is 2.21 bits per heavy atom. The zero-order valence-electron chi connectivity index (χ0n) is 8.53. The molecule has 0 saturated carbocycles. The summed E-state index contributed by atoms with van der Waals surface area (Å²) in [6, 6.07) is 8.10. The average Bonchev–Trinajstić information content (AvgIpc) is 2.13. The Kier molecular flexibility index (Phi) is 4.79. The molecule has 0 fully saturated rings. The van der Waals surface area contributed by atoms with E-state index in [1.807, 2.05) is 36.9 Å². The van der Waals surface area contributed by atoms with E-state index in [1.165, 1.54) is 5.56 Å². The third-order valence-electron chi connectivity index (χ3n) is 2.00. The van der Waals surface area contributed by atoms with E-state index < -0.39 is 0 Å². The second-order valence-electron chi connectivity index (χ2n) is 3.29. The van der Waals surface area contributed by atoms with Gasteiger partial charge in [-0.1, -0.05) is 30.7 Å². The molecule has 3 heteroatoms. The molecule has 1 aromatic rings. The van der Waals surface area contributed by atoms with Crippen LogP contribution >= 0.6 is 23.4 Å². The van der Waals surface area contributed by atoms with Crippen molar-refractivity contribution in [1.29, 1.82) is 0 Å². The van der Waals surface area contributed by atoms with E-state index in [2.05, 4.69) is 13.0 Å². The van der Waals surface area contributed by atoms with Crippen molar-refractivity contribution in [3.8, 4) is 0 Å². The van der Waals surface area contributed by atoms with Gasteiger partial charge in [0.1, 0.15) is 0 Å². The molecule has 0 aliphatic heterocycles. The Morgan fingerprint density at radius 3 is 2.71 bits per heavy atom. The van der Waals surface area contributed by atoms with Crippen LogP contribution in [0.15, 0.2) is 24.3 Å². The molecule has 2 atom stereocenters. The molecule has 0 heterocycles. The van der Waals surface area contributed by atoms with Crippen LogP contribution in [0.25, 0.3) is 0 Å². The summed E-state index contributed by atoms with van der Waals surface area (Å²) < 4.78 is 0. The molecule has 0 radical (unpaired) electrons. The molecule has 2 N–H and O–H groups in total. The van der Waals surface area contributed by atoms with Crippen molar-refractivity contribution in [3.63, 3.8) is 0 Å². The molecule has 0 amide bonds. The van der Waals surface area contributed by atoms with E-state index in [4.69, 9.17) is 17.3 Å². The predicted octanol–water partition coefficient (Wildman–Crippen LogP) is 3.48. The smallest absolute Gasteiger partial charge is 0.0446 e. The molecule has 14 heavy (non-hydrogen) atoms. The normalized spacial score (nSPS) is 15.1. The number of hydrogen-bond donors (Lipinski definition) is 1. The maximum atomic E-state index is 5.94. The fourth-order valence-corrected chi connectivity index (χ4v) is 2.62. The van der Waals surface area contributed by atoms with E-state index in [0.717, 1.165) is 10.8 Å². The zero-order valence-corrected chi connectivity index (χ0v) is 10.1. The third-order valence-corrected chi connectivity index (χ3v) is 3.63. The summed E-state index contributed by atoms with van der Waals surface area (Å²) in [7, 11) is 0. The lowest BCUT2D eigenvalue weighted by molar-refractivity contribution is 0.722. The van der Waals surface area contributed by atoms with Crippen molar-refractivity contribution in [2.75, 3.05) is 5.75 Å². The lowest BCUT2D eigenvalue weighted by Gasteiger charge is -2.20. The number of thioether (sulfide) groups is 1. The van der Waals surface area contributed by atoms with Crippen molar-refractivity contribution in [1.82, 2.24) is 0 Å². The molecule has 0 spiro atoms. The molecule has 0 saturated heterocycles. The van der Waals surface area contributed by atoms with Gasteiger partial charge in [-0.25, -0.2) is 0 Å². The van der Waals surface area contributed by atoms with E-state index in [-0.39, 0.29) is 6.04 Å². The molecule has 1 nitrogen and oxygen atoms in total. The minimum Gasteiger partial charge on any atom is -0.327 e. The van der Waals surface area contributed by atoms with Gasteiger partial charge >= 0.3 is 0 Å². The lowest BCUT2D eigenvalue weighted by atomic mass is 10.1. The van der Waals surface area contributed by atoms with Crippen LogP contribution in [0.5, 0.6) is 0 Å². The summed E-state index contributed by atoms with van der Waals surface area (Å²) in [5.41, 5.74) is 7.16. The van der Waals surface area contributed by atoms with Gasteiger partial charge in [-0.15, -0.1) is 0 Å². The Balaban J connectivity index is 2.87. The van der Waals surface area contributed by atoms with Crippen LogP contribution in [0.3, 0.4) is 0 Å². The zero-order chi connectivity index (χ0) is 10.6. The maximum absolute atomic E-state index is 5.94. The van der Waals surface area contributed by atoms with E-state index in [1.54, 1.807) is 0 Å². The van der Waals surface area contributed by atoms with Crippen molar-refractivity contribution in [3.05, 3.63) is 34.9 Å². The van der Waals surface area contributed by atoms with Gasteiger partial charge in [-0.05, 0) is 30.4 Å². The van der Waals surface area contributed by atoms with Gasteiger partial charge in [0.05, 0.1) is 0 Å². The van der Waals surface area contributed by atoms with E-state index in [9.17, 15) is 0 Å². The minimum atomic E-state index is 0.151. The fourth-order valence-electron chi connectivity index (χ4n) is 1.41. The largest absolute Gasteiger partial charge is 0.327 e. The molecular weight excluding hydrogens is 214 g/mol. The molecule has 0 aromatic heterocycles. The molecule has 1 rings (SSSR count). The second-order valence-corrected chi connectivity index (χ2v) is 5.15. The first kappa shape index (κ1) is 11.9. The number of halogens is 1. The SMILES string of the molecule is CCSC(c1cccc(Cl)c1)C(C)N. The highest BCUT2D eigenvalue weighted by molar-refractivity contribution is 7.99. The topological polar surface area (TPSA) is 26.0 Å². The number of nitrogens with two attached hydrogens (primary N) is 1. The first-order chi connectivity index (χ1) is 6.65. The molecule has 2 unspecified atom stereocenters. The summed E-state index contributed by atoms with van der Waals surface area (Å²) >= 11 is 7.81. The monoisotopic (exact) mass is 229 g/mol. The molecule has 0 aliphatic rings. The Labute approximate surface area is 95.0 Å². The standard InChI is InChI=1S/C11H16ClNS/c1-3-14-11(8(2)13)9-5-4-6-10(12)7-9/h4-8,11H,3,13H2,1-2H3. The quantitative estimate of drug-likeness (QED) is 0.856. The highest BCUT2D eigenvalue weighted by Gasteiger charge is 2.15. The lowest BCUT2D eigenvalue weighted by Crippen LogP contribution is -2.22. The molecule has 0 aliphatic carbocycles. The van der Waals surface area contributed by atoms with Crippen LogP contribution in [0, 0.1) is 0 Å². The van der Waals surface area contributed by atoms with Crippen molar-refractivity contribution in [2.24, 2.45) is 5.73 Å². The second kappa shape index (κ2) is 5.64. The van der Waals surface area contributed by atoms with Crippen molar-refractivity contribution >= 4 is 23.4 Å². The summed E-state index contributed by atoms with van der Waals surface area (Å²) in [5.74, 6) is 1.07. The predicted molar refractivity (Wildman–Crippen MR) is 66.0 cm³/mol. The van der Waals surface area contributed by atoms with Gasteiger partial charge in [0, 0.05) is 16.3 Å². The number of hydrogen-bond acceptors (Lipinski definition) is 2. The first-order valence-electron chi connectivity index (χ1n) is 4.77. The Hall–Kier alpha value is -0.180. The van der Waals surface area contributed by atoms with Crippen LogP contribution in [0.4, 0.5) is 0 Å². The van der Waals surface area contributed by atoms with E-state index in [0.29, 0.717) is 5.25 Å². The average molecular weight is 230 g/mol. The third kappa shape index (κ3) is 3.19. The van der Waals surface area contributed by atoms with Crippen LogP contribution in [0.1, 0.15) is 24.7 Å². The van der Waals surface area contributed by atoms with Crippen LogP contribution in [-0.4, -0.2) is 11.8 Å². The van der Waals surface area contributed by atoms with Gasteiger partial charge in [-0.3, -0.25) is 0 Å². The Bertz CT molecular complexity index is 288. The van der Waals surface area contributed by atoms with Gasteiger partial charge in [-0.2, -0.15) is 11.8 Å². The van der Waals surface area contributed by atoms with Crippen LogP contribution < -0.4 is 5.73 Å². The van der Waals surface area contributed by atoms with Crippen molar-refractivity contribution in [2.45, 2.75) is 25.1 Å². The van der Waals surface area contributed by atoms with Gasteiger partial charge < -0.3 is 5.73 Å². The van der Waals surface area contributed by atoms with Gasteiger partial charge in [0.25, 0.3) is 0 Å². The highest BCUT2D eigenvalue weighted by atomic mass is 35.5. The Morgan fingerprint density at radius 1 is 1.50 bits per heavy atom. The summed E-state index contributed by atoms with van der Waals surface area (Å²) in [4.78, 5) is 0. The summed E-state index contributed by atoms with van der Waals surface area (Å²) in [5, 5.41) is 1.13. The molecule has 78 valence electrons. The van der Waals surface area contributed by atoms with Gasteiger partial charge in [0.2, 0.25) is 0 Å². The van der Waals surface area contributed by atoms with E-state index >= 15 is 0 Å². The fraction of sp³-hybridized carbons (Fsp3) is 0.455. The number of rotatable bonds is 4. The molecule has 0 bridgehead atoms. The first-order valence-corrected chi connectivity index (χ1v) is 6.20. The molecule has 1 aromatic carbocycles. The summed E-state index contributed by atoms with van der Waals surface area (Å²) in [6.45, 7) is 4.18. The maximum Gasteiger partial charge on any atom is 0.0446 e. The summed E-state index contributed by atoms with van der Waals surface area (Å²) in [6.07, 6.45) is 0. The van der Waals surface area contributed by atoms with Crippen molar-refractivity contribution < 1.29 is 0 Å².